The molecule has 0 aromatic rings. The van der Waals surface area contributed by atoms with Crippen LogP contribution in [0, 0.1) is 17.2 Å². The number of guanidine groups is 1. The number of alkyl carbamates (subject to hydrolysis) is 1. The van der Waals surface area contributed by atoms with Crippen LogP contribution in [-0.4, -0.2) is 105 Å². The van der Waals surface area contributed by atoms with Gasteiger partial charge in [0.25, 0.3) is 0 Å². The lowest BCUT2D eigenvalue weighted by Gasteiger charge is -2.37. The van der Waals surface area contributed by atoms with Crippen LogP contribution in [0.5, 0.6) is 0 Å². The van der Waals surface area contributed by atoms with E-state index >= 15 is 0 Å². The molecule has 2 N–H and O–H groups in total. The number of carbonyl (C=O) groups excluding carboxylic acids is 2. The molecule has 0 aromatic heterocycles. The Morgan fingerprint density at radius 2 is 1.79 bits per heavy atom. The molecule has 1 saturated carbocycles. The zero-order valence-electron chi connectivity index (χ0n) is 23.4. The average Bonchev–Trinajstić information content (AvgIpc) is 2.92. The highest BCUT2D eigenvalue weighted by Gasteiger charge is 2.38. The first kappa shape index (κ1) is 30.1. The smallest absolute Gasteiger partial charge is 0.414 e. The molecule has 38 heavy (non-hydrogen) atoms. The monoisotopic (exact) mass is 534 g/mol. The Kier molecular flexibility index (Phi) is 12.1. The molecule has 3 rings (SSSR count). The maximum absolute atomic E-state index is 13.7. The minimum atomic E-state index is -0.897. The zero-order chi connectivity index (χ0) is 27.4. The second kappa shape index (κ2) is 15.2. The van der Waals surface area contributed by atoms with Gasteiger partial charge in [-0.05, 0) is 46.1 Å². The van der Waals surface area contributed by atoms with Crippen molar-refractivity contribution in [2.45, 2.75) is 82.9 Å². The van der Waals surface area contributed by atoms with Gasteiger partial charge in [-0.15, -0.1) is 0 Å². The van der Waals surface area contributed by atoms with Crippen molar-refractivity contribution >= 4 is 18.0 Å². The molecule has 2 saturated heterocycles. The summed E-state index contributed by atoms with van der Waals surface area (Å²) in [6.45, 7) is 7.84. The Labute approximate surface area is 227 Å². The fourth-order valence-electron chi connectivity index (χ4n) is 5.20. The Bertz CT molecular complexity index is 824. The standard InChI is InChI=1S/C27H46N6O5/c1-21(2)37-17-18-38-26(35)30-25(33-13-15-36-16-14-33)29-23(19-22-7-5-4-6-8-22)24(34)31-27(20-28)9-11-32(3)12-10-27/h21-23H,4-19H2,1-3H3,(H,31,34)(H,29,30,35)/t23-/m0/s1. The number of aliphatic imine (C=N–C) groups is 1. The van der Waals surface area contributed by atoms with Crippen molar-refractivity contribution in [3.63, 3.8) is 0 Å². The topological polar surface area (TPSA) is 129 Å². The molecule has 1 atom stereocenters. The average molecular weight is 535 g/mol. The summed E-state index contributed by atoms with van der Waals surface area (Å²) >= 11 is 0. The van der Waals surface area contributed by atoms with Crippen LogP contribution in [0.25, 0.3) is 0 Å². The van der Waals surface area contributed by atoms with E-state index in [1.54, 1.807) is 0 Å². The normalized spacial score (nSPS) is 22.0. The largest absolute Gasteiger partial charge is 0.447 e. The van der Waals surface area contributed by atoms with Crippen LogP contribution < -0.4 is 10.6 Å². The number of nitriles is 1. The molecule has 2 aliphatic heterocycles. The molecule has 0 unspecified atom stereocenters. The lowest BCUT2D eigenvalue weighted by Crippen LogP contribution is -2.56. The first-order valence-corrected chi connectivity index (χ1v) is 14.2. The van der Waals surface area contributed by atoms with E-state index in [9.17, 15) is 14.9 Å². The van der Waals surface area contributed by atoms with Gasteiger partial charge in [0.1, 0.15) is 18.2 Å². The van der Waals surface area contributed by atoms with E-state index in [2.05, 4.69) is 21.6 Å². The predicted octanol–water partition coefficient (Wildman–Crippen LogP) is 2.27. The summed E-state index contributed by atoms with van der Waals surface area (Å²) in [7, 11) is 2.02. The van der Waals surface area contributed by atoms with E-state index in [4.69, 9.17) is 19.2 Å². The summed E-state index contributed by atoms with van der Waals surface area (Å²) in [5.41, 5.74) is -0.897. The van der Waals surface area contributed by atoms with Crippen LogP contribution in [0.3, 0.4) is 0 Å². The number of hydrogen-bond donors (Lipinski definition) is 2. The first-order chi connectivity index (χ1) is 18.3. The summed E-state index contributed by atoms with van der Waals surface area (Å²) in [5, 5.41) is 15.8. The maximum atomic E-state index is 13.7. The van der Waals surface area contributed by atoms with Gasteiger partial charge in [0.05, 0.1) is 32.0 Å². The van der Waals surface area contributed by atoms with Gasteiger partial charge in [-0.2, -0.15) is 5.26 Å². The van der Waals surface area contributed by atoms with Crippen LogP contribution in [-0.2, 0) is 19.0 Å². The molecule has 3 aliphatic rings. The van der Waals surface area contributed by atoms with Gasteiger partial charge < -0.3 is 29.3 Å². The number of rotatable bonds is 9. The molecular formula is C27H46N6O5. The van der Waals surface area contributed by atoms with E-state index in [0.717, 1.165) is 38.8 Å². The Balaban J connectivity index is 1.78. The third-order valence-corrected chi connectivity index (χ3v) is 7.57. The summed E-state index contributed by atoms with van der Waals surface area (Å²) in [4.78, 5) is 35.3. The molecule has 214 valence electrons. The highest BCUT2D eigenvalue weighted by molar-refractivity contribution is 5.96. The first-order valence-electron chi connectivity index (χ1n) is 14.2. The minimum Gasteiger partial charge on any atom is -0.447 e. The van der Waals surface area contributed by atoms with Crippen molar-refractivity contribution < 1.29 is 23.8 Å². The Hall–Kier alpha value is -2.42. The molecule has 11 nitrogen and oxygen atoms in total. The molecule has 2 amide bonds. The van der Waals surface area contributed by atoms with Crippen molar-refractivity contribution in [1.29, 1.82) is 5.26 Å². The molecule has 0 bridgehead atoms. The summed E-state index contributed by atoms with van der Waals surface area (Å²) in [6, 6.07) is 1.66. The van der Waals surface area contributed by atoms with Gasteiger partial charge in [-0.3, -0.25) is 10.1 Å². The lowest BCUT2D eigenvalue weighted by atomic mass is 9.84. The second-order valence-corrected chi connectivity index (χ2v) is 11.0. The van der Waals surface area contributed by atoms with E-state index in [-0.39, 0.29) is 18.6 Å². The molecule has 11 heteroatoms. The number of amides is 2. The van der Waals surface area contributed by atoms with Crippen LogP contribution >= 0.6 is 0 Å². The summed E-state index contributed by atoms with van der Waals surface area (Å²) < 4.78 is 16.2. The SMILES string of the molecule is CC(C)OCCOC(=O)NC(=N[C@@H](CC1CCCCC1)C(=O)NC1(C#N)CCN(C)CC1)N1CCOCC1. The van der Waals surface area contributed by atoms with Crippen molar-refractivity contribution in [3.8, 4) is 6.07 Å². The quantitative estimate of drug-likeness (QED) is 0.262. The number of piperidine rings is 1. The van der Waals surface area contributed by atoms with Gasteiger partial charge in [-0.25, -0.2) is 9.79 Å². The molecule has 1 aliphatic carbocycles. The molecular weight excluding hydrogens is 488 g/mol. The highest BCUT2D eigenvalue weighted by Crippen LogP contribution is 2.29. The van der Waals surface area contributed by atoms with Gasteiger partial charge in [0.2, 0.25) is 11.9 Å². The van der Waals surface area contributed by atoms with Crippen molar-refractivity contribution in [2.75, 3.05) is 59.7 Å². The molecule has 0 radical (unpaired) electrons. The Morgan fingerprint density at radius 3 is 2.42 bits per heavy atom. The third kappa shape index (κ3) is 9.71. The van der Waals surface area contributed by atoms with E-state index in [0.29, 0.717) is 64.1 Å². The predicted molar refractivity (Wildman–Crippen MR) is 144 cm³/mol. The van der Waals surface area contributed by atoms with Crippen molar-refractivity contribution in [1.82, 2.24) is 20.4 Å². The Morgan fingerprint density at radius 1 is 1.11 bits per heavy atom. The van der Waals surface area contributed by atoms with E-state index < -0.39 is 17.7 Å². The molecule has 2 heterocycles. The third-order valence-electron chi connectivity index (χ3n) is 7.57. The van der Waals surface area contributed by atoms with E-state index in [1.807, 2.05) is 25.8 Å². The highest BCUT2D eigenvalue weighted by atomic mass is 16.6. The second-order valence-electron chi connectivity index (χ2n) is 11.0. The van der Waals surface area contributed by atoms with Crippen LogP contribution in [0.4, 0.5) is 4.79 Å². The fraction of sp³-hybridized carbons (Fsp3) is 0.852. The van der Waals surface area contributed by atoms with Gasteiger partial charge >= 0.3 is 6.09 Å². The fourth-order valence-corrected chi connectivity index (χ4v) is 5.20. The number of carbonyl (C=O) groups is 2. The number of morpholine rings is 1. The van der Waals surface area contributed by atoms with Crippen LogP contribution in [0.1, 0.15) is 65.2 Å². The number of nitrogens with zero attached hydrogens (tertiary/aromatic N) is 4. The van der Waals surface area contributed by atoms with Crippen molar-refractivity contribution in [2.24, 2.45) is 10.9 Å². The summed E-state index contributed by atoms with van der Waals surface area (Å²) in [5.74, 6) is 0.436. The van der Waals surface area contributed by atoms with Gasteiger partial charge in [0, 0.05) is 26.2 Å². The van der Waals surface area contributed by atoms with Crippen LogP contribution in [0.15, 0.2) is 4.99 Å². The van der Waals surface area contributed by atoms with Crippen LogP contribution in [0.2, 0.25) is 0 Å². The number of ether oxygens (including phenoxy) is 3. The van der Waals surface area contributed by atoms with Gasteiger partial charge in [0.15, 0.2) is 0 Å². The zero-order valence-corrected chi connectivity index (χ0v) is 23.4. The number of likely N-dealkylation sites (tertiary alicyclic amines) is 1. The molecule has 0 aromatic carbocycles. The number of hydrogen-bond acceptors (Lipinski definition) is 8. The number of nitrogens with one attached hydrogen (secondary N) is 2. The van der Waals surface area contributed by atoms with E-state index in [1.165, 1.54) is 6.42 Å². The maximum Gasteiger partial charge on any atom is 0.414 e. The lowest BCUT2D eigenvalue weighted by molar-refractivity contribution is -0.124. The van der Waals surface area contributed by atoms with Gasteiger partial charge in [-0.1, -0.05) is 32.1 Å². The minimum absolute atomic E-state index is 0.0486. The molecule has 0 spiro atoms. The summed E-state index contributed by atoms with van der Waals surface area (Å²) in [6.07, 6.45) is 6.78. The van der Waals surface area contributed by atoms with Crippen molar-refractivity contribution in [3.05, 3.63) is 0 Å². The molecule has 3 fully saturated rings.